The summed E-state index contributed by atoms with van der Waals surface area (Å²) in [5.41, 5.74) is 1.43. The van der Waals surface area contributed by atoms with Crippen molar-refractivity contribution >= 4 is 29.6 Å². The second-order valence-corrected chi connectivity index (χ2v) is 14.8. The SMILES string of the molecule is CC(=O)C[C@@H](Cc1cccc(N2CCN(C(=O)OC(C)(C)C)CC2)c1)[C@H](O)[C@H]1C(=O)N(Cc2ccccc2)CCN1C(=O)OC(C)(C)C. The number of carbonyl (C=O) groups is 4. The van der Waals surface area contributed by atoms with E-state index in [4.69, 9.17) is 9.47 Å². The van der Waals surface area contributed by atoms with Gasteiger partial charge in [-0.3, -0.25) is 9.69 Å². The molecule has 1 N–H and O–H groups in total. The summed E-state index contributed by atoms with van der Waals surface area (Å²) < 4.78 is 11.2. The van der Waals surface area contributed by atoms with Crippen LogP contribution in [-0.4, -0.2) is 106 Å². The predicted molar refractivity (Wildman–Crippen MR) is 184 cm³/mol. The monoisotopic (exact) mass is 664 g/mol. The Morgan fingerprint density at radius 3 is 2.02 bits per heavy atom. The fourth-order valence-corrected chi connectivity index (χ4v) is 6.21. The van der Waals surface area contributed by atoms with E-state index in [-0.39, 0.29) is 37.3 Å². The van der Waals surface area contributed by atoms with Crippen LogP contribution in [0.3, 0.4) is 0 Å². The molecular formula is C37H52N4O7. The Kier molecular flexibility index (Phi) is 11.8. The molecule has 48 heavy (non-hydrogen) atoms. The topological polar surface area (TPSA) is 120 Å². The maximum Gasteiger partial charge on any atom is 0.411 e. The molecule has 3 atom stereocenters. The van der Waals surface area contributed by atoms with Crippen LogP contribution >= 0.6 is 0 Å². The number of nitrogens with zero attached hydrogens (tertiary/aromatic N) is 4. The lowest BCUT2D eigenvalue weighted by molar-refractivity contribution is -0.150. The van der Waals surface area contributed by atoms with Crippen LogP contribution in [0.5, 0.6) is 0 Å². The quantitative estimate of drug-likeness (QED) is 0.403. The first-order valence-electron chi connectivity index (χ1n) is 16.8. The number of ketones is 1. The van der Waals surface area contributed by atoms with E-state index in [1.165, 1.54) is 11.8 Å². The molecule has 0 spiro atoms. The summed E-state index contributed by atoms with van der Waals surface area (Å²) in [5.74, 6) is -1.15. The minimum absolute atomic E-state index is 0.0323. The molecule has 11 heteroatoms. The molecular weight excluding hydrogens is 612 g/mol. The predicted octanol–water partition coefficient (Wildman–Crippen LogP) is 4.89. The van der Waals surface area contributed by atoms with E-state index in [1.54, 1.807) is 30.6 Å². The van der Waals surface area contributed by atoms with Crippen LogP contribution < -0.4 is 4.90 Å². The van der Waals surface area contributed by atoms with Gasteiger partial charge in [-0.05, 0) is 84.1 Å². The average molecular weight is 665 g/mol. The number of aliphatic hydroxyl groups is 1. The zero-order valence-corrected chi connectivity index (χ0v) is 29.5. The Hall–Kier alpha value is -4.12. The van der Waals surface area contributed by atoms with E-state index in [0.29, 0.717) is 39.1 Å². The van der Waals surface area contributed by atoms with E-state index in [2.05, 4.69) is 4.90 Å². The summed E-state index contributed by atoms with van der Waals surface area (Å²) >= 11 is 0. The Bertz CT molecular complexity index is 1430. The van der Waals surface area contributed by atoms with Gasteiger partial charge in [-0.25, -0.2) is 9.59 Å². The third kappa shape index (κ3) is 10.2. The van der Waals surface area contributed by atoms with Crippen molar-refractivity contribution in [2.45, 2.75) is 91.2 Å². The molecule has 0 unspecified atom stereocenters. The van der Waals surface area contributed by atoms with Gasteiger partial charge in [0, 0.05) is 57.9 Å². The Morgan fingerprint density at radius 2 is 1.42 bits per heavy atom. The number of carbonyl (C=O) groups excluding carboxylic acids is 4. The van der Waals surface area contributed by atoms with Crippen molar-refractivity contribution in [3.8, 4) is 0 Å². The minimum atomic E-state index is -1.33. The standard InChI is InChI=1S/C37H52N4O7/c1-26(42)22-29(23-28-14-11-15-30(24-28)38-16-18-39(19-17-38)34(45)47-36(2,3)4)32(43)31-33(44)40(25-27-12-9-8-10-13-27)20-21-41(31)35(46)48-37(5,6)7/h8-15,24,29,31-32,43H,16-23,25H2,1-7H3/t29-,31-,32-/m0/s1. The van der Waals surface area contributed by atoms with Crippen LogP contribution in [0.25, 0.3) is 0 Å². The summed E-state index contributed by atoms with van der Waals surface area (Å²) in [5, 5.41) is 12.0. The number of aliphatic hydroxyl groups excluding tert-OH is 1. The van der Waals surface area contributed by atoms with Gasteiger partial charge in [0.25, 0.3) is 0 Å². The van der Waals surface area contributed by atoms with Gasteiger partial charge in [-0.1, -0.05) is 42.5 Å². The molecule has 2 heterocycles. The lowest BCUT2D eigenvalue weighted by Gasteiger charge is -2.44. The van der Waals surface area contributed by atoms with E-state index in [0.717, 1.165) is 16.8 Å². The van der Waals surface area contributed by atoms with E-state index in [1.807, 2.05) is 75.4 Å². The van der Waals surface area contributed by atoms with Crippen molar-refractivity contribution in [2.24, 2.45) is 5.92 Å². The normalized spacial score (nSPS) is 18.8. The maximum absolute atomic E-state index is 14.1. The zero-order chi connectivity index (χ0) is 35.2. The number of amides is 3. The van der Waals surface area contributed by atoms with Gasteiger partial charge in [0.2, 0.25) is 5.91 Å². The molecule has 2 aromatic carbocycles. The first-order valence-corrected chi connectivity index (χ1v) is 16.8. The molecule has 0 aliphatic carbocycles. The van der Waals surface area contributed by atoms with Crippen LogP contribution in [0.1, 0.15) is 66.0 Å². The Balaban J connectivity index is 1.54. The third-order valence-corrected chi connectivity index (χ3v) is 8.42. The lowest BCUT2D eigenvalue weighted by Crippen LogP contribution is -2.64. The molecule has 0 bridgehead atoms. The molecule has 0 aromatic heterocycles. The van der Waals surface area contributed by atoms with Gasteiger partial charge in [-0.2, -0.15) is 0 Å². The summed E-state index contributed by atoms with van der Waals surface area (Å²) in [4.78, 5) is 59.5. The molecule has 0 saturated carbocycles. The molecule has 262 valence electrons. The molecule has 2 aliphatic rings. The smallest absolute Gasteiger partial charge is 0.411 e. The molecule has 2 aliphatic heterocycles. The molecule has 3 amide bonds. The molecule has 2 aromatic rings. The number of anilines is 1. The van der Waals surface area contributed by atoms with Crippen LogP contribution in [-0.2, 0) is 32.0 Å². The van der Waals surface area contributed by atoms with Gasteiger partial charge in [0.1, 0.15) is 23.0 Å². The fraction of sp³-hybridized carbons (Fsp3) is 0.568. The van der Waals surface area contributed by atoms with E-state index in [9.17, 15) is 24.3 Å². The zero-order valence-electron chi connectivity index (χ0n) is 29.5. The first-order chi connectivity index (χ1) is 22.5. The fourth-order valence-electron chi connectivity index (χ4n) is 6.21. The van der Waals surface area contributed by atoms with Crippen molar-refractivity contribution in [1.82, 2.24) is 14.7 Å². The highest BCUT2D eigenvalue weighted by atomic mass is 16.6. The van der Waals surface area contributed by atoms with Crippen LogP contribution in [0.15, 0.2) is 54.6 Å². The minimum Gasteiger partial charge on any atom is -0.444 e. The molecule has 0 radical (unpaired) electrons. The summed E-state index contributed by atoms with van der Waals surface area (Å²) in [6.45, 7) is 15.4. The van der Waals surface area contributed by atoms with E-state index >= 15 is 0 Å². The Morgan fingerprint density at radius 1 is 0.812 bits per heavy atom. The first kappa shape index (κ1) is 36.7. The second-order valence-electron chi connectivity index (χ2n) is 14.8. The highest BCUT2D eigenvalue weighted by Crippen LogP contribution is 2.29. The highest BCUT2D eigenvalue weighted by molar-refractivity contribution is 5.88. The van der Waals surface area contributed by atoms with Crippen molar-refractivity contribution in [2.75, 3.05) is 44.2 Å². The largest absolute Gasteiger partial charge is 0.444 e. The van der Waals surface area contributed by atoms with Crippen molar-refractivity contribution in [1.29, 1.82) is 0 Å². The number of hydrogen-bond donors (Lipinski definition) is 1. The molecule has 11 nitrogen and oxygen atoms in total. The number of hydrogen-bond acceptors (Lipinski definition) is 8. The van der Waals surface area contributed by atoms with Gasteiger partial charge in [-0.15, -0.1) is 0 Å². The summed E-state index contributed by atoms with van der Waals surface area (Å²) in [6, 6.07) is 16.3. The highest BCUT2D eigenvalue weighted by Gasteiger charge is 2.46. The summed E-state index contributed by atoms with van der Waals surface area (Å²) in [6.07, 6.45) is -1.97. The van der Waals surface area contributed by atoms with Gasteiger partial charge in [0.15, 0.2) is 0 Å². The molecule has 2 saturated heterocycles. The number of piperazine rings is 2. The van der Waals surface area contributed by atoms with E-state index < -0.39 is 35.4 Å². The van der Waals surface area contributed by atoms with Crippen molar-refractivity contribution < 1.29 is 33.8 Å². The van der Waals surface area contributed by atoms with Crippen LogP contribution in [0.4, 0.5) is 15.3 Å². The number of benzene rings is 2. The van der Waals surface area contributed by atoms with Crippen molar-refractivity contribution in [3.63, 3.8) is 0 Å². The molecule has 4 rings (SSSR count). The maximum atomic E-state index is 14.1. The number of ether oxygens (including phenoxy) is 2. The van der Waals surface area contributed by atoms with Crippen molar-refractivity contribution in [3.05, 3.63) is 65.7 Å². The number of Topliss-reactive ketones (excluding diaryl/α,β-unsaturated/α-hetero) is 1. The average Bonchev–Trinajstić information content (AvgIpc) is 3.00. The van der Waals surface area contributed by atoms with Gasteiger partial charge in [0.05, 0.1) is 6.10 Å². The Labute approximate surface area is 284 Å². The number of rotatable bonds is 9. The van der Waals surface area contributed by atoms with Crippen LogP contribution in [0.2, 0.25) is 0 Å². The second kappa shape index (κ2) is 15.4. The third-order valence-electron chi connectivity index (χ3n) is 8.42. The van der Waals surface area contributed by atoms with Gasteiger partial charge >= 0.3 is 12.2 Å². The van der Waals surface area contributed by atoms with Gasteiger partial charge < -0.3 is 34.1 Å². The summed E-state index contributed by atoms with van der Waals surface area (Å²) in [7, 11) is 0. The molecule has 2 fully saturated rings. The van der Waals surface area contributed by atoms with Crippen LogP contribution in [0, 0.1) is 5.92 Å². The lowest BCUT2D eigenvalue weighted by atomic mass is 9.84.